The Morgan fingerprint density at radius 3 is 2.78 bits per heavy atom. The number of nitrogens with one attached hydrogen (secondary N) is 2. The lowest BCUT2D eigenvalue weighted by Crippen LogP contribution is -2.43. The van der Waals surface area contributed by atoms with E-state index < -0.39 is 0 Å². The van der Waals surface area contributed by atoms with Gasteiger partial charge in [0.1, 0.15) is 11.6 Å². The second kappa shape index (κ2) is 6.21. The summed E-state index contributed by atoms with van der Waals surface area (Å²) in [4.78, 5) is 14.6. The number of halogens is 1. The van der Waals surface area contributed by atoms with E-state index in [1.807, 2.05) is 6.07 Å². The first kappa shape index (κ1) is 16.0. The fourth-order valence-electron chi connectivity index (χ4n) is 3.66. The van der Waals surface area contributed by atoms with Crippen LogP contribution in [-0.4, -0.2) is 41.1 Å². The van der Waals surface area contributed by atoms with Crippen molar-refractivity contribution in [1.82, 2.24) is 20.3 Å². The highest BCUT2D eigenvalue weighted by atomic mass is 19.1. The highest BCUT2D eigenvalue weighted by Gasteiger charge is 2.16. The van der Waals surface area contributed by atoms with E-state index in [2.05, 4.69) is 37.3 Å². The molecule has 6 nitrogen and oxygen atoms in total. The maximum Gasteiger partial charge on any atom is 0.142 e. The predicted octanol–water partition coefficient (Wildman–Crippen LogP) is 2.91. The summed E-state index contributed by atoms with van der Waals surface area (Å²) in [5, 5.41) is 3.69. The number of aromatic amines is 1. The molecule has 0 unspecified atom stereocenters. The summed E-state index contributed by atoms with van der Waals surface area (Å²) in [6.45, 7) is 3.93. The zero-order chi connectivity index (χ0) is 18.4. The number of benzene rings is 2. The molecule has 3 heterocycles. The van der Waals surface area contributed by atoms with Gasteiger partial charge in [0.2, 0.25) is 0 Å². The van der Waals surface area contributed by atoms with E-state index in [0.717, 1.165) is 42.9 Å². The predicted molar refractivity (Wildman–Crippen MR) is 106 cm³/mol. The maximum atomic E-state index is 14.2. The van der Waals surface area contributed by atoms with Crippen LogP contribution in [0.15, 0.2) is 42.6 Å². The number of H-pyrrole nitrogens is 1. The smallest absolute Gasteiger partial charge is 0.142 e. The summed E-state index contributed by atoms with van der Waals surface area (Å²) >= 11 is 0. The van der Waals surface area contributed by atoms with E-state index in [9.17, 15) is 4.39 Å². The van der Waals surface area contributed by atoms with E-state index in [0.29, 0.717) is 28.0 Å². The highest BCUT2D eigenvalue weighted by molar-refractivity contribution is 5.98. The molecule has 0 saturated carbocycles. The Hall–Kier alpha value is -3.19. The van der Waals surface area contributed by atoms with Crippen molar-refractivity contribution < 1.29 is 4.39 Å². The number of rotatable bonds is 2. The molecular formula is C20H19FN6. The first-order chi connectivity index (χ1) is 13.2. The number of pyridine rings is 1. The number of nitrogen functional groups attached to an aromatic ring is 1. The van der Waals surface area contributed by atoms with Gasteiger partial charge in [-0.05, 0) is 30.3 Å². The van der Waals surface area contributed by atoms with Crippen LogP contribution in [0.2, 0.25) is 0 Å². The molecule has 1 aliphatic heterocycles. The third-order valence-corrected chi connectivity index (χ3v) is 5.09. The number of aromatic nitrogens is 3. The molecule has 4 N–H and O–H groups in total. The summed E-state index contributed by atoms with van der Waals surface area (Å²) in [5.41, 5.74) is 10.7. The Labute approximate surface area is 155 Å². The van der Waals surface area contributed by atoms with Gasteiger partial charge in [-0.2, -0.15) is 0 Å². The molecule has 0 bridgehead atoms. The van der Waals surface area contributed by atoms with Crippen molar-refractivity contribution in [3.05, 3.63) is 48.4 Å². The number of fused-ring (bicyclic) bond motifs is 2. The second-order valence-corrected chi connectivity index (χ2v) is 6.74. The zero-order valence-corrected chi connectivity index (χ0v) is 14.7. The Bertz CT molecular complexity index is 1150. The van der Waals surface area contributed by atoms with Crippen molar-refractivity contribution in [1.29, 1.82) is 0 Å². The molecule has 0 spiro atoms. The van der Waals surface area contributed by atoms with Crippen LogP contribution < -0.4 is 16.0 Å². The molecule has 1 saturated heterocycles. The van der Waals surface area contributed by atoms with E-state index in [4.69, 9.17) is 5.73 Å². The van der Waals surface area contributed by atoms with Crippen LogP contribution in [-0.2, 0) is 0 Å². The highest BCUT2D eigenvalue weighted by Crippen LogP contribution is 2.32. The maximum absolute atomic E-state index is 14.2. The minimum absolute atomic E-state index is 0.331. The van der Waals surface area contributed by atoms with Gasteiger partial charge in [-0.15, -0.1) is 0 Å². The molecule has 7 heteroatoms. The Kier molecular flexibility index (Phi) is 3.68. The summed E-state index contributed by atoms with van der Waals surface area (Å²) < 4.78 is 14.2. The molecule has 1 aliphatic rings. The van der Waals surface area contributed by atoms with Gasteiger partial charge >= 0.3 is 0 Å². The molecule has 0 radical (unpaired) electrons. The fraction of sp³-hybridized carbons (Fsp3) is 0.200. The molecule has 1 fully saturated rings. The summed E-state index contributed by atoms with van der Waals surface area (Å²) in [5.74, 6) is 0.217. The number of piperazine rings is 1. The Morgan fingerprint density at radius 1 is 1.07 bits per heavy atom. The van der Waals surface area contributed by atoms with Gasteiger partial charge < -0.3 is 20.9 Å². The molecule has 27 heavy (non-hydrogen) atoms. The molecule has 2 aromatic carbocycles. The fourth-order valence-corrected chi connectivity index (χ4v) is 3.66. The third-order valence-electron chi connectivity index (χ3n) is 5.09. The third kappa shape index (κ3) is 2.67. The summed E-state index contributed by atoms with van der Waals surface area (Å²) in [6.07, 6.45) is 1.64. The SMILES string of the molecule is Nc1c(-c2nc3ccc(N4CCNCC4)cc3[nH]2)cnc2cccc(F)c12. The number of nitrogens with zero attached hydrogens (tertiary/aromatic N) is 3. The normalized spacial score (nSPS) is 14.9. The van der Waals surface area contributed by atoms with Gasteiger partial charge in [0.05, 0.1) is 33.2 Å². The van der Waals surface area contributed by atoms with Crippen molar-refractivity contribution in [2.75, 3.05) is 36.8 Å². The van der Waals surface area contributed by atoms with Crippen LogP contribution in [0.5, 0.6) is 0 Å². The van der Waals surface area contributed by atoms with Crippen LogP contribution in [0.3, 0.4) is 0 Å². The van der Waals surface area contributed by atoms with Crippen LogP contribution in [0, 0.1) is 5.82 Å². The number of anilines is 2. The lowest BCUT2D eigenvalue weighted by atomic mass is 10.1. The first-order valence-corrected chi connectivity index (χ1v) is 8.99. The van der Waals surface area contributed by atoms with Gasteiger partial charge in [-0.1, -0.05) is 6.07 Å². The van der Waals surface area contributed by atoms with Gasteiger partial charge in [0.15, 0.2) is 0 Å². The minimum atomic E-state index is -0.378. The van der Waals surface area contributed by atoms with Gasteiger partial charge in [-0.25, -0.2) is 9.37 Å². The molecule has 2 aromatic heterocycles. The van der Waals surface area contributed by atoms with Gasteiger partial charge in [0, 0.05) is 38.1 Å². The van der Waals surface area contributed by atoms with E-state index in [1.165, 1.54) is 6.07 Å². The van der Waals surface area contributed by atoms with Crippen molar-refractivity contribution in [3.63, 3.8) is 0 Å². The van der Waals surface area contributed by atoms with Crippen molar-refractivity contribution in [3.8, 4) is 11.4 Å². The minimum Gasteiger partial charge on any atom is -0.397 e. The van der Waals surface area contributed by atoms with Crippen LogP contribution in [0.1, 0.15) is 0 Å². The first-order valence-electron chi connectivity index (χ1n) is 8.99. The molecular weight excluding hydrogens is 343 g/mol. The van der Waals surface area contributed by atoms with Gasteiger partial charge in [0.25, 0.3) is 0 Å². The number of hydrogen-bond acceptors (Lipinski definition) is 5. The quantitative estimate of drug-likeness (QED) is 0.511. The molecule has 0 aliphatic carbocycles. The van der Waals surface area contributed by atoms with E-state index in [-0.39, 0.29) is 5.82 Å². The molecule has 4 aromatic rings. The van der Waals surface area contributed by atoms with Gasteiger partial charge in [-0.3, -0.25) is 4.98 Å². The average Bonchev–Trinajstić information content (AvgIpc) is 3.12. The lowest BCUT2D eigenvalue weighted by molar-refractivity contribution is 0.589. The number of nitrogens with two attached hydrogens (primary N) is 1. The standard InChI is InChI=1S/C20H19FN6/c21-14-2-1-3-16-18(14)19(22)13(11-24-16)20-25-15-5-4-12(10-17(15)26-20)27-8-6-23-7-9-27/h1-5,10-11,23H,6-9H2,(H2,22,24)(H,25,26). The second-order valence-electron chi connectivity index (χ2n) is 6.74. The number of imidazole rings is 1. The van der Waals surface area contributed by atoms with Crippen molar-refractivity contribution in [2.45, 2.75) is 0 Å². The topological polar surface area (TPSA) is 82.9 Å². The lowest BCUT2D eigenvalue weighted by Gasteiger charge is -2.29. The van der Waals surface area contributed by atoms with E-state index >= 15 is 0 Å². The average molecular weight is 362 g/mol. The summed E-state index contributed by atoms with van der Waals surface area (Å²) in [6, 6.07) is 10.9. The Balaban J connectivity index is 1.60. The molecule has 0 amide bonds. The Morgan fingerprint density at radius 2 is 1.93 bits per heavy atom. The van der Waals surface area contributed by atoms with Crippen molar-refractivity contribution in [2.24, 2.45) is 0 Å². The summed E-state index contributed by atoms with van der Waals surface area (Å²) in [7, 11) is 0. The zero-order valence-electron chi connectivity index (χ0n) is 14.7. The van der Waals surface area contributed by atoms with E-state index in [1.54, 1.807) is 18.3 Å². The largest absolute Gasteiger partial charge is 0.397 e. The molecule has 0 atom stereocenters. The van der Waals surface area contributed by atoms with Crippen LogP contribution >= 0.6 is 0 Å². The number of hydrogen-bond donors (Lipinski definition) is 3. The molecule has 5 rings (SSSR count). The molecule has 136 valence electrons. The van der Waals surface area contributed by atoms with Crippen molar-refractivity contribution >= 4 is 33.3 Å². The monoisotopic (exact) mass is 362 g/mol. The van der Waals surface area contributed by atoms with Crippen LogP contribution in [0.4, 0.5) is 15.8 Å². The van der Waals surface area contributed by atoms with Crippen LogP contribution in [0.25, 0.3) is 33.3 Å².